The van der Waals surface area contributed by atoms with Crippen molar-refractivity contribution in [1.82, 2.24) is 35.0 Å². The molecule has 8 heteroatoms. The van der Waals surface area contributed by atoms with E-state index >= 15 is 0 Å². The number of rotatable bonds is 7. The number of amides is 1. The van der Waals surface area contributed by atoms with Crippen molar-refractivity contribution in [2.45, 2.75) is 32.9 Å². The standard InChI is InChI=1S/C18H27N7O/c1-3-19-10-17-14-25(22-21-17)13-16-5-4-8-24(12-16)18(26)7-6-15-9-20-23(2)11-15/h6-7,9,11,14,16,19H,3-5,8,10,12-13H2,1-2H3/b7-6+/t16-/m1/s1. The second kappa shape index (κ2) is 8.75. The molecule has 1 atom stereocenters. The second-order valence-corrected chi connectivity index (χ2v) is 6.79. The van der Waals surface area contributed by atoms with Gasteiger partial charge >= 0.3 is 0 Å². The van der Waals surface area contributed by atoms with Gasteiger partial charge in [0.25, 0.3) is 0 Å². The monoisotopic (exact) mass is 357 g/mol. The lowest BCUT2D eigenvalue weighted by molar-refractivity contribution is -0.127. The number of hydrogen-bond acceptors (Lipinski definition) is 5. The second-order valence-electron chi connectivity index (χ2n) is 6.79. The van der Waals surface area contributed by atoms with E-state index in [1.165, 1.54) is 0 Å². The highest BCUT2D eigenvalue weighted by Gasteiger charge is 2.23. The van der Waals surface area contributed by atoms with Crippen LogP contribution in [-0.2, 0) is 24.9 Å². The lowest BCUT2D eigenvalue weighted by Gasteiger charge is -2.32. The Balaban J connectivity index is 1.52. The van der Waals surface area contributed by atoms with Crippen molar-refractivity contribution in [2.24, 2.45) is 13.0 Å². The zero-order valence-electron chi connectivity index (χ0n) is 15.5. The van der Waals surface area contributed by atoms with Crippen LogP contribution in [0.15, 0.2) is 24.7 Å². The van der Waals surface area contributed by atoms with Crippen LogP contribution < -0.4 is 5.32 Å². The van der Waals surface area contributed by atoms with E-state index in [2.05, 4.69) is 27.7 Å². The summed E-state index contributed by atoms with van der Waals surface area (Å²) in [7, 11) is 1.86. The highest BCUT2D eigenvalue weighted by atomic mass is 16.2. The Morgan fingerprint density at radius 1 is 1.42 bits per heavy atom. The third-order valence-corrected chi connectivity index (χ3v) is 4.56. The molecule has 1 aliphatic heterocycles. The van der Waals surface area contributed by atoms with E-state index < -0.39 is 0 Å². The van der Waals surface area contributed by atoms with Crippen LogP contribution in [0.2, 0.25) is 0 Å². The van der Waals surface area contributed by atoms with Crippen LogP contribution in [0.3, 0.4) is 0 Å². The molecule has 0 aliphatic carbocycles. The van der Waals surface area contributed by atoms with Crippen LogP contribution >= 0.6 is 0 Å². The van der Waals surface area contributed by atoms with Gasteiger partial charge in [0.05, 0.1) is 11.9 Å². The number of likely N-dealkylation sites (tertiary alicyclic amines) is 1. The van der Waals surface area contributed by atoms with E-state index in [9.17, 15) is 4.79 Å². The molecule has 0 aromatic carbocycles. The molecule has 0 spiro atoms. The minimum atomic E-state index is 0.0602. The summed E-state index contributed by atoms with van der Waals surface area (Å²) in [5.74, 6) is 0.471. The fourth-order valence-corrected chi connectivity index (χ4v) is 3.24. The van der Waals surface area contributed by atoms with E-state index in [0.29, 0.717) is 5.92 Å². The van der Waals surface area contributed by atoms with Crippen LogP contribution in [0.25, 0.3) is 6.08 Å². The average Bonchev–Trinajstić information content (AvgIpc) is 3.27. The largest absolute Gasteiger partial charge is 0.339 e. The number of aromatic nitrogens is 5. The number of aryl methyl sites for hydroxylation is 1. The molecule has 2 aromatic rings. The minimum Gasteiger partial charge on any atom is -0.339 e. The maximum absolute atomic E-state index is 12.5. The summed E-state index contributed by atoms with van der Waals surface area (Å²) < 4.78 is 3.63. The lowest BCUT2D eigenvalue weighted by atomic mass is 9.98. The van der Waals surface area contributed by atoms with Crippen molar-refractivity contribution >= 4 is 12.0 Å². The van der Waals surface area contributed by atoms with Crippen LogP contribution in [0, 0.1) is 5.92 Å². The summed E-state index contributed by atoms with van der Waals surface area (Å²) in [4.78, 5) is 14.4. The molecular weight excluding hydrogens is 330 g/mol. The maximum atomic E-state index is 12.5. The molecule has 1 amide bonds. The minimum absolute atomic E-state index is 0.0602. The molecule has 3 heterocycles. The Morgan fingerprint density at radius 3 is 3.08 bits per heavy atom. The molecule has 26 heavy (non-hydrogen) atoms. The molecule has 3 rings (SSSR count). The van der Waals surface area contributed by atoms with Crippen molar-refractivity contribution in [1.29, 1.82) is 0 Å². The quantitative estimate of drug-likeness (QED) is 0.750. The third-order valence-electron chi connectivity index (χ3n) is 4.56. The van der Waals surface area contributed by atoms with Gasteiger partial charge in [-0.3, -0.25) is 14.2 Å². The van der Waals surface area contributed by atoms with Crippen molar-refractivity contribution in [3.05, 3.63) is 35.9 Å². The molecule has 0 bridgehead atoms. The smallest absolute Gasteiger partial charge is 0.246 e. The fourth-order valence-electron chi connectivity index (χ4n) is 3.24. The topological polar surface area (TPSA) is 80.9 Å². The number of carbonyl (C=O) groups excluding carboxylic acids is 1. The molecule has 1 aliphatic rings. The van der Waals surface area contributed by atoms with Crippen molar-refractivity contribution in [3.63, 3.8) is 0 Å². The fraction of sp³-hybridized carbons (Fsp3) is 0.556. The number of piperidine rings is 1. The molecule has 2 aromatic heterocycles. The first-order chi connectivity index (χ1) is 12.6. The summed E-state index contributed by atoms with van der Waals surface area (Å²) in [5.41, 5.74) is 1.89. The number of carbonyl (C=O) groups is 1. The maximum Gasteiger partial charge on any atom is 0.246 e. The van der Waals surface area contributed by atoms with Crippen LogP contribution in [-0.4, -0.2) is 55.2 Å². The summed E-state index contributed by atoms with van der Waals surface area (Å²) in [6, 6.07) is 0. The van der Waals surface area contributed by atoms with Crippen LogP contribution in [0.5, 0.6) is 0 Å². The molecule has 0 unspecified atom stereocenters. The average molecular weight is 357 g/mol. The van der Waals surface area contributed by atoms with Gasteiger partial charge in [-0.1, -0.05) is 12.1 Å². The molecule has 1 fully saturated rings. The Labute approximate surface area is 153 Å². The number of nitrogens with one attached hydrogen (secondary N) is 1. The Kier molecular flexibility index (Phi) is 6.17. The first kappa shape index (κ1) is 18.3. The van der Waals surface area contributed by atoms with Gasteiger partial charge in [-0.05, 0) is 31.4 Å². The SMILES string of the molecule is CCNCc1cn(C[C@@H]2CCCN(C(=O)/C=C/c3cnn(C)c3)C2)nn1. The number of nitrogens with zero attached hydrogens (tertiary/aromatic N) is 6. The van der Waals surface area contributed by atoms with Crippen molar-refractivity contribution < 1.29 is 4.79 Å². The van der Waals surface area contributed by atoms with E-state index in [0.717, 1.165) is 56.8 Å². The Hall–Kier alpha value is -2.48. The predicted molar refractivity (Wildman–Crippen MR) is 98.9 cm³/mol. The third kappa shape index (κ3) is 5.01. The molecule has 1 saturated heterocycles. The van der Waals surface area contributed by atoms with Gasteiger partial charge in [-0.2, -0.15) is 5.10 Å². The first-order valence-electron chi connectivity index (χ1n) is 9.19. The summed E-state index contributed by atoms with van der Waals surface area (Å²) in [6.45, 7) is 6.11. The summed E-state index contributed by atoms with van der Waals surface area (Å²) >= 11 is 0. The highest BCUT2D eigenvalue weighted by molar-refractivity contribution is 5.91. The van der Waals surface area contributed by atoms with Gasteiger partial charge in [-0.15, -0.1) is 5.10 Å². The lowest BCUT2D eigenvalue weighted by Crippen LogP contribution is -2.40. The molecule has 0 saturated carbocycles. The molecule has 8 nitrogen and oxygen atoms in total. The van der Waals surface area contributed by atoms with E-state index in [1.54, 1.807) is 17.0 Å². The predicted octanol–water partition coefficient (Wildman–Crippen LogP) is 1.07. The molecular formula is C18H27N7O. The molecule has 140 valence electrons. The Bertz CT molecular complexity index is 748. The molecule has 0 radical (unpaired) electrons. The van der Waals surface area contributed by atoms with E-state index in [1.807, 2.05) is 35.1 Å². The zero-order valence-corrected chi connectivity index (χ0v) is 15.5. The zero-order chi connectivity index (χ0) is 18.4. The summed E-state index contributed by atoms with van der Waals surface area (Å²) in [6.07, 6.45) is 11.2. The summed E-state index contributed by atoms with van der Waals surface area (Å²) in [5, 5.41) is 15.8. The van der Waals surface area contributed by atoms with Crippen molar-refractivity contribution in [2.75, 3.05) is 19.6 Å². The number of hydrogen-bond donors (Lipinski definition) is 1. The first-order valence-corrected chi connectivity index (χ1v) is 9.19. The van der Waals surface area contributed by atoms with Gasteiger partial charge in [0, 0.05) is 57.3 Å². The van der Waals surface area contributed by atoms with Gasteiger partial charge in [0.1, 0.15) is 0 Å². The van der Waals surface area contributed by atoms with E-state index in [4.69, 9.17) is 0 Å². The van der Waals surface area contributed by atoms with E-state index in [-0.39, 0.29) is 5.91 Å². The van der Waals surface area contributed by atoms with Gasteiger partial charge < -0.3 is 10.2 Å². The Morgan fingerprint density at radius 2 is 2.31 bits per heavy atom. The van der Waals surface area contributed by atoms with Crippen molar-refractivity contribution in [3.8, 4) is 0 Å². The van der Waals surface area contributed by atoms with Gasteiger partial charge in [0.2, 0.25) is 5.91 Å². The van der Waals surface area contributed by atoms with Gasteiger partial charge in [0.15, 0.2) is 0 Å². The van der Waals surface area contributed by atoms with Crippen LogP contribution in [0.4, 0.5) is 0 Å². The van der Waals surface area contributed by atoms with Gasteiger partial charge in [-0.25, -0.2) is 0 Å². The molecule has 1 N–H and O–H groups in total. The highest BCUT2D eigenvalue weighted by Crippen LogP contribution is 2.18. The van der Waals surface area contributed by atoms with Crippen LogP contribution in [0.1, 0.15) is 31.0 Å². The normalized spacial score (nSPS) is 17.9.